The van der Waals surface area contributed by atoms with Gasteiger partial charge in [0.25, 0.3) is 0 Å². The molecule has 0 bridgehead atoms. The predicted octanol–water partition coefficient (Wildman–Crippen LogP) is 1.78. The number of anilines is 2. The number of methoxy groups -OCH3 is 1. The Morgan fingerprint density at radius 3 is 2.89 bits per heavy atom. The van der Waals surface area contributed by atoms with Gasteiger partial charge in [-0.1, -0.05) is 0 Å². The Kier molecular flexibility index (Phi) is 4.35. The highest BCUT2D eigenvalue weighted by Gasteiger charge is 2.16. The lowest BCUT2D eigenvalue weighted by Gasteiger charge is -2.12. The molecule has 4 rings (SSSR count). The van der Waals surface area contributed by atoms with Gasteiger partial charge in [0, 0.05) is 11.8 Å². The summed E-state index contributed by atoms with van der Waals surface area (Å²) in [5, 5.41) is 12.8. The quantitative estimate of drug-likeness (QED) is 0.493. The number of fused-ring (bicyclic) bond motifs is 1. The molecule has 9 nitrogen and oxygen atoms in total. The zero-order valence-electron chi connectivity index (χ0n) is 14.8. The molecule has 4 heterocycles. The first-order valence-corrected chi connectivity index (χ1v) is 8.28. The highest BCUT2D eigenvalue weighted by molar-refractivity contribution is 5.91. The molecule has 0 fully saturated rings. The SMILES string of the molecule is COc1ccc(Nc2ncc(CO)cc2-c2nc(C)nc3nc[nH]c23)c[nH+]1. The molecule has 4 aromatic heterocycles. The van der Waals surface area contributed by atoms with Crippen LogP contribution in [0.2, 0.25) is 0 Å². The Labute approximate surface area is 154 Å². The number of imidazole rings is 1. The molecule has 0 aliphatic heterocycles. The maximum Gasteiger partial charge on any atom is 0.365 e. The minimum atomic E-state index is -0.118. The number of aliphatic hydroxyl groups excluding tert-OH is 1. The summed E-state index contributed by atoms with van der Waals surface area (Å²) >= 11 is 0. The van der Waals surface area contributed by atoms with E-state index >= 15 is 0 Å². The Bertz CT molecular complexity index is 1090. The molecule has 0 aliphatic carbocycles. The Hall–Kier alpha value is -3.59. The highest BCUT2D eigenvalue weighted by Crippen LogP contribution is 2.31. The largest absolute Gasteiger partial charge is 0.448 e. The van der Waals surface area contributed by atoms with Crippen LogP contribution in [-0.2, 0) is 6.61 Å². The number of ether oxygens (including phenoxy) is 1. The lowest BCUT2D eigenvalue weighted by Crippen LogP contribution is -2.08. The zero-order chi connectivity index (χ0) is 18.8. The molecule has 0 radical (unpaired) electrons. The summed E-state index contributed by atoms with van der Waals surface area (Å²) in [5.74, 6) is 1.84. The first-order valence-electron chi connectivity index (χ1n) is 8.28. The number of rotatable bonds is 5. The van der Waals surface area contributed by atoms with Crippen molar-refractivity contribution in [1.82, 2.24) is 24.9 Å². The van der Waals surface area contributed by atoms with Crippen LogP contribution < -0.4 is 15.0 Å². The van der Waals surface area contributed by atoms with E-state index in [2.05, 4.69) is 35.2 Å². The topological polar surface area (TPSA) is 123 Å². The highest BCUT2D eigenvalue weighted by atomic mass is 16.5. The Morgan fingerprint density at radius 1 is 1.26 bits per heavy atom. The number of pyridine rings is 2. The third-order valence-electron chi connectivity index (χ3n) is 4.05. The van der Waals surface area contributed by atoms with Crippen molar-refractivity contribution in [3.8, 4) is 17.1 Å². The monoisotopic (exact) mass is 364 g/mol. The normalized spacial score (nSPS) is 10.9. The van der Waals surface area contributed by atoms with Crippen LogP contribution in [0.3, 0.4) is 0 Å². The van der Waals surface area contributed by atoms with Gasteiger partial charge in [-0.25, -0.2) is 19.9 Å². The fourth-order valence-electron chi connectivity index (χ4n) is 2.76. The lowest BCUT2D eigenvalue weighted by atomic mass is 10.1. The number of hydrogen-bond donors (Lipinski definition) is 3. The number of nitrogens with one attached hydrogen (secondary N) is 3. The van der Waals surface area contributed by atoms with Gasteiger partial charge in [-0.15, -0.1) is 0 Å². The van der Waals surface area contributed by atoms with Crippen molar-refractivity contribution in [3.05, 3.63) is 48.3 Å². The van der Waals surface area contributed by atoms with Gasteiger partial charge in [-0.05, 0) is 24.6 Å². The summed E-state index contributed by atoms with van der Waals surface area (Å²) in [6, 6.07) is 5.54. The number of aromatic amines is 2. The molecule has 0 amide bonds. The second-order valence-electron chi connectivity index (χ2n) is 5.89. The standard InChI is InChI=1S/C18H17N7O2/c1-10-23-15(16-18(24-10)22-9-21-16)13-5-11(8-26)6-20-17(13)25-12-3-4-14(27-2)19-7-12/h3-7,9,26H,8H2,1-2H3,(H,20,25)(H,21,22,23,24)/p+1. The summed E-state index contributed by atoms with van der Waals surface area (Å²) in [7, 11) is 1.60. The lowest BCUT2D eigenvalue weighted by molar-refractivity contribution is -0.392. The molecule has 0 saturated heterocycles. The van der Waals surface area contributed by atoms with E-state index in [0.717, 1.165) is 11.3 Å². The van der Waals surface area contributed by atoms with Gasteiger partial charge in [0.1, 0.15) is 28.5 Å². The third kappa shape index (κ3) is 3.27. The number of hydrogen-bond acceptors (Lipinski definition) is 7. The van der Waals surface area contributed by atoms with Gasteiger partial charge in [0.05, 0.1) is 26.1 Å². The number of aryl methyl sites for hydroxylation is 1. The molecular weight excluding hydrogens is 346 g/mol. The third-order valence-corrected chi connectivity index (χ3v) is 4.05. The van der Waals surface area contributed by atoms with Crippen molar-refractivity contribution in [2.24, 2.45) is 0 Å². The number of aliphatic hydroxyl groups is 1. The number of H-pyrrole nitrogens is 2. The van der Waals surface area contributed by atoms with Crippen molar-refractivity contribution < 1.29 is 14.8 Å². The summed E-state index contributed by atoms with van der Waals surface area (Å²) in [6.07, 6.45) is 4.98. The molecule has 9 heteroatoms. The van der Waals surface area contributed by atoms with E-state index in [1.54, 1.807) is 25.8 Å². The van der Waals surface area contributed by atoms with E-state index in [0.29, 0.717) is 39.9 Å². The minimum absolute atomic E-state index is 0.118. The molecule has 136 valence electrons. The average molecular weight is 364 g/mol. The average Bonchev–Trinajstić information content (AvgIpc) is 3.16. The van der Waals surface area contributed by atoms with Crippen molar-refractivity contribution in [3.63, 3.8) is 0 Å². The molecule has 0 spiro atoms. The van der Waals surface area contributed by atoms with Gasteiger partial charge in [-0.3, -0.25) is 0 Å². The number of nitrogens with zero attached hydrogens (tertiary/aromatic N) is 4. The van der Waals surface area contributed by atoms with Crippen LogP contribution in [0.15, 0.2) is 36.9 Å². The summed E-state index contributed by atoms with van der Waals surface area (Å²) in [5.41, 5.74) is 4.17. The Balaban J connectivity index is 1.84. The van der Waals surface area contributed by atoms with Crippen molar-refractivity contribution in [2.45, 2.75) is 13.5 Å². The van der Waals surface area contributed by atoms with Crippen LogP contribution in [-0.4, -0.2) is 37.1 Å². The molecule has 0 aliphatic rings. The molecule has 4 N–H and O–H groups in total. The van der Waals surface area contributed by atoms with Crippen LogP contribution in [0.25, 0.3) is 22.4 Å². The van der Waals surface area contributed by atoms with Crippen LogP contribution in [0, 0.1) is 6.92 Å². The first-order chi connectivity index (χ1) is 13.2. The van der Waals surface area contributed by atoms with Crippen LogP contribution >= 0.6 is 0 Å². The summed E-state index contributed by atoms with van der Waals surface area (Å²) in [4.78, 5) is 23.7. The van der Waals surface area contributed by atoms with E-state index in [1.165, 1.54) is 0 Å². The smallest absolute Gasteiger partial charge is 0.365 e. The molecular formula is C18H18N7O2+. The van der Waals surface area contributed by atoms with E-state index in [4.69, 9.17) is 4.74 Å². The van der Waals surface area contributed by atoms with Gasteiger partial charge in [0.15, 0.2) is 11.8 Å². The molecule has 0 atom stereocenters. The van der Waals surface area contributed by atoms with Gasteiger partial charge < -0.3 is 20.1 Å². The fraction of sp³-hybridized carbons (Fsp3) is 0.167. The molecule has 4 aromatic rings. The van der Waals surface area contributed by atoms with Crippen molar-refractivity contribution in [2.75, 3.05) is 12.4 Å². The van der Waals surface area contributed by atoms with Gasteiger partial charge >= 0.3 is 5.88 Å². The van der Waals surface area contributed by atoms with Crippen molar-refractivity contribution in [1.29, 1.82) is 0 Å². The van der Waals surface area contributed by atoms with Gasteiger partial charge in [0.2, 0.25) is 0 Å². The second kappa shape index (κ2) is 6.96. The van der Waals surface area contributed by atoms with E-state index in [-0.39, 0.29) is 6.61 Å². The molecule has 27 heavy (non-hydrogen) atoms. The first kappa shape index (κ1) is 16.9. The predicted molar refractivity (Wildman–Crippen MR) is 98.4 cm³/mol. The van der Waals surface area contributed by atoms with E-state index in [1.807, 2.05) is 25.1 Å². The van der Waals surface area contributed by atoms with Crippen LogP contribution in [0.4, 0.5) is 11.5 Å². The van der Waals surface area contributed by atoms with E-state index in [9.17, 15) is 5.11 Å². The second-order valence-corrected chi connectivity index (χ2v) is 5.89. The molecule has 0 aromatic carbocycles. The van der Waals surface area contributed by atoms with Crippen molar-refractivity contribution >= 4 is 22.7 Å². The molecule has 0 saturated carbocycles. The maximum atomic E-state index is 9.54. The maximum absolute atomic E-state index is 9.54. The summed E-state index contributed by atoms with van der Waals surface area (Å²) < 4.78 is 5.14. The minimum Gasteiger partial charge on any atom is -0.448 e. The zero-order valence-corrected chi connectivity index (χ0v) is 14.8. The van der Waals surface area contributed by atoms with Gasteiger partial charge in [-0.2, -0.15) is 4.98 Å². The van der Waals surface area contributed by atoms with Crippen LogP contribution in [0.1, 0.15) is 11.4 Å². The van der Waals surface area contributed by atoms with Crippen LogP contribution in [0.5, 0.6) is 5.88 Å². The fourth-order valence-corrected chi connectivity index (χ4v) is 2.76. The molecule has 0 unspecified atom stereocenters. The van der Waals surface area contributed by atoms with E-state index < -0.39 is 0 Å². The Morgan fingerprint density at radius 2 is 2.15 bits per heavy atom. The summed E-state index contributed by atoms with van der Waals surface area (Å²) in [6.45, 7) is 1.69. The number of aromatic nitrogens is 6.